The van der Waals surface area contributed by atoms with Gasteiger partial charge in [0.1, 0.15) is 5.75 Å². The van der Waals surface area contributed by atoms with Crippen molar-refractivity contribution >= 4 is 22.9 Å². The molecular weight excluding hydrogens is 400 g/mol. The Balaban J connectivity index is 1.34. The lowest BCUT2D eigenvalue weighted by molar-refractivity contribution is -0.121. The molecule has 1 atom stereocenters. The van der Waals surface area contributed by atoms with Crippen molar-refractivity contribution in [3.05, 3.63) is 47.7 Å². The summed E-state index contributed by atoms with van der Waals surface area (Å²) >= 11 is 1.58. The Labute approximate surface area is 180 Å². The number of nitrogens with zero attached hydrogens (tertiary/aromatic N) is 3. The standard InChI is InChI=1S/C22H26N4O3S/c1-15(2)28-18-8-3-7-17(12-18)23-22(27)16-6-4-10-26(13-16)14-20-24-21(25-29-20)19-9-5-11-30-19/h3,5,7-9,11-12,15-16H,4,6,10,13-14H2,1-2H3,(H,23,27). The molecule has 0 radical (unpaired) electrons. The van der Waals surface area contributed by atoms with E-state index in [-0.39, 0.29) is 17.9 Å². The number of benzene rings is 1. The number of hydrogen-bond acceptors (Lipinski definition) is 7. The van der Waals surface area contributed by atoms with E-state index in [1.165, 1.54) is 0 Å². The molecule has 0 spiro atoms. The number of anilines is 1. The highest BCUT2D eigenvalue weighted by molar-refractivity contribution is 7.13. The second-order valence-electron chi connectivity index (χ2n) is 7.75. The molecule has 0 bridgehead atoms. The summed E-state index contributed by atoms with van der Waals surface area (Å²) < 4.78 is 11.1. The number of rotatable bonds is 7. The highest BCUT2D eigenvalue weighted by Gasteiger charge is 2.27. The van der Waals surface area contributed by atoms with Crippen LogP contribution in [0.5, 0.6) is 5.75 Å². The van der Waals surface area contributed by atoms with E-state index in [2.05, 4.69) is 20.4 Å². The summed E-state index contributed by atoms with van der Waals surface area (Å²) in [6, 6.07) is 11.5. The Bertz CT molecular complexity index is 970. The van der Waals surface area contributed by atoms with Gasteiger partial charge in [-0.2, -0.15) is 4.98 Å². The third-order valence-electron chi connectivity index (χ3n) is 4.92. The highest BCUT2D eigenvalue weighted by Crippen LogP contribution is 2.24. The van der Waals surface area contributed by atoms with E-state index in [9.17, 15) is 4.79 Å². The smallest absolute Gasteiger partial charge is 0.241 e. The number of likely N-dealkylation sites (tertiary alicyclic amines) is 1. The fourth-order valence-corrected chi connectivity index (χ4v) is 4.24. The average Bonchev–Trinajstić information content (AvgIpc) is 3.40. The zero-order chi connectivity index (χ0) is 20.9. The molecule has 0 aliphatic carbocycles. The number of amides is 1. The van der Waals surface area contributed by atoms with Crippen molar-refractivity contribution in [3.8, 4) is 16.5 Å². The van der Waals surface area contributed by atoms with Crippen LogP contribution >= 0.6 is 11.3 Å². The molecular formula is C22H26N4O3S. The van der Waals surface area contributed by atoms with E-state index in [4.69, 9.17) is 9.26 Å². The number of carbonyl (C=O) groups excluding carboxylic acids is 1. The molecule has 3 aromatic rings. The van der Waals surface area contributed by atoms with E-state index in [0.29, 0.717) is 24.8 Å². The lowest BCUT2D eigenvalue weighted by Crippen LogP contribution is -2.40. The van der Waals surface area contributed by atoms with Crippen LogP contribution in [-0.2, 0) is 11.3 Å². The minimum atomic E-state index is -0.0758. The molecule has 1 unspecified atom stereocenters. The molecule has 1 aliphatic heterocycles. The maximum absolute atomic E-state index is 12.8. The van der Waals surface area contributed by atoms with Crippen LogP contribution in [0.4, 0.5) is 5.69 Å². The Morgan fingerprint density at radius 2 is 2.27 bits per heavy atom. The van der Waals surface area contributed by atoms with Crippen molar-refractivity contribution in [1.82, 2.24) is 15.0 Å². The summed E-state index contributed by atoms with van der Waals surface area (Å²) in [5, 5.41) is 9.10. The van der Waals surface area contributed by atoms with Crippen LogP contribution in [0.3, 0.4) is 0 Å². The minimum Gasteiger partial charge on any atom is -0.491 e. The van der Waals surface area contributed by atoms with Crippen LogP contribution in [-0.4, -0.2) is 40.1 Å². The van der Waals surface area contributed by atoms with Crippen LogP contribution < -0.4 is 10.1 Å². The first kappa shape index (κ1) is 20.6. The molecule has 30 heavy (non-hydrogen) atoms. The second kappa shape index (κ2) is 9.40. The van der Waals surface area contributed by atoms with Gasteiger partial charge in [0.25, 0.3) is 0 Å². The number of thiophene rings is 1. The van der Waals surface area contributed by atoms with E-state index in [1.54, 1.807) is 11.3 Å². The zero-order valence-electron chi connectivity index (χ0n) is 17.2. The third-order valence-corrected chi connectivity index (χ3v) is 5.78. The molecule has 2 aromatic heterocycles. The molecule has 7 nitrogen and oxygen atoms in total. The monoisotopic (exact) mass is 426 g/mol. The first-order valence-electron chi connectivity index (χ1n) is 10.2. The fraction of sp³-hybridized carbons (Fsp3) is 0.409. The van der Waals surface area contributed by atoms with Gasteiger partial charge in [-0.1, -0.05) is 17.3 Å². The van der Waals surface area contributed by atoms with Gasteiger partial charge in [0.2, 0.25) is 17.6 Å². The predicted octanol–water partition coefficient (Wildman–Crippen LogP) is 4.44. The maximum Gasteiger partial charge on any atom is 0.241 e. The van der Waals surface area contributed by atoms with Gasteiger partial charge in [0.15, 0.2) is 0 Å². The maximum atomic E-state index is 12.8. The quantitative estimate of drug-likeness (QED) is 0.602. The number of hydrogen-bond donors (Lipinski definition) is 1. The molecule has 8 heteroatoms. The Kier molecular flexibility index (Phi) is 6.44. The van der Waals surface area contributed by atoms with E-state index in [1.807, 2.05) is 55.6 Å². The molecule has 1 amide bonds. The van der Waals surface area contributed by atoms with Gasteiger partial charge in [0.05, 0.1) is 23.4 Å². The Hall–Kier alpha value is -2.71. The van der Waals surface area contributed by atoms with Crippen LogP contribution in [0.1, 0.15) is 32.6 Å². The van der Waals surface area contributed by atoms with E-state index < -0.39 is 0 Å². The lowest BCUT2D eigenvalue weighted by Gasteiger charge is -2.30. The van der Waals surface area contributed by atoms with Gasteiger partial charge in [0, 0.05) is 18.3 Å². The molecule has 1 aliphatic rings. The van der Waals surface area contributed by atoms with Crippen LogP contribution in [0.2, 0.25) is 0 Å². The van der Waals surface area contributed by atoms with Gasteiger partial charge in [-0.25, -0.2) is 0 Å². The van der Waals surface area contributed by atoms with E-state index >= 15 is 0 Å². The van der Waals surface area contributed by atoms with Crippen molar-refractivity contribution in [2.24, 2.45) is 5.92 Å². The molecule has 3 heterocycles. The summed E-state index contributed by atoms with van der Waals surface area (Å²) in [5.41, 5.74) is 0.757. The van der Waals surface area contributed by atoms with Crippen LogP contribution in [0.25, 0.3) is 10.7 Å². The summed E-state index contributed by atoms with van der Waals surface area (Å²) in [6.45, 7) is 6.10. The third kappa shape index (κ3) is 5.25. The van der Waals surface area contributed by atoms with Gasteiger partial charge >= 0.3 is 0 Å². The molecule has 158 valence electrons. The normalized spacial score (nSPS) is 17.2. The van der Waals surface area contributed by atoms with Crippen molar-refractivity contribution in [2.45, 2.75) is 39.3 Å². The van der Waals surface area contributed by atoms with Gasteiger partial charge in [-0.3, -0.25) is 9.69 Å². The minimum absolute atomic E-state index is 0.0335. The molecule has 4 rings (SSSR count). The van der Waals surface area contributed by atoms with Crippen molar-refractivity contribution in [2.75, 3.05) is 18.4 Å². The summed E-state index contributed by atoms with van der Waals surface area (Å²) in [6.07, 6.45) is 1.92. The zero-order valence-corrected chi connectivity index (χ0v) is 18.0. The topological polar surface area (TPSA) is 80.5 Å². The number of ether oxygens (including phenoxy) is 1. The van der Waals surface area contributed by atoms with Gasteiger partial charge in [-0.15, -0.1) is 11.3 Å². The Morgan fingerprint density at radius 1 is 1.37 bits per heavy atom. The molecule has 1 N–H and O–H groups in total. The molecule has 1 saturated heterocycles. The second-order valence-corrected chi connectivity index (χ2v) is 8.69. The molecule has 1 aromatic carbocycles. The number of piperidine rings is 1. The summed E-state index contributed by atoms with van der Waals surface area (Å²) in [7, 11) is 0. The van der Waals surface area contributed by atoms with Crippen LogP contribution in [0.15, 0.2) is 46.3 Å². The lowest BCUT2D eigenvalue weighted by atomic mass is 9.97. The number of carbonyl (C=O) groups is 1. The van der Waals surface area contributed by atoms with Crippen molar-refractivity contribution in [1.29, 1.82) is 0 Å². The predicted molar refractivity (Wildman–Crippen MR) is 116 cm³/mol. The highest BCUT2D eigenvalue weighted by atomic mass is 32.1. The van der Waals surface area contributed by atoms with Crippen molar-refractivity contribution < 1.29 is 14.1 Å². The number of nitrogens with one attached hydrogen (secondary N) is 1. The first-order valence-corrected chi connectivity index (χ1v) is 11.1. The Morgan fingerprint density at radius 3 is 3.07 bits per heavy atom. The summed E-state index contributed by atoms with van der Waals surface area (Å²) in [4.78, 5) is 20.5. The summed E-state index contributed by atoms with van der Waals surface area (Å²) in [5.74, 6) is 1.91. The fourth-order valence-electron chi connectivity index (χ4n) is 3.59. The van der Waals surface area contributed by atoms with Gasteiger partial charge < -0.3 is 14.6 Å². The molecule has 0 saturated carbocycles. The first-order chi connectivity index (χ1) is 14.6. The number of aromatic nitrogens is 2. The van der Waals surface area contributed by atoms with Gasteiger partial charge in [-0.05, 0) is 56.8 Å². The van der Waals surface area contributed by atoms with Crippen molar-refractivity contribution in [3.63, 3.8) is 0 Å². The largest absolute Gasteiger partial charge is 0.491 e. The SMILES string of the molecule is CC(C)Oc1cccc(NC(=O)C2CCCN(Cc3nc(-c4cccs4)no3)C2)c1. The van der Waals surface area contributed by atoms with E-state index in [0.717, 1.165) is 35.7 Å². The van der Waals surface area contributed by atoms with Crippen LogP contribution in [0, 0.1) is 5.92 Å². The average molecular weight is 427 g/mol. The molecule has 1 fully saturated rings.